The first kappa shape index (κ1) is 16.4. The highest BCUT2D eigenvalue weighted by Crippen LogP contribution is 2.19. The van der Waals surface area contributed by atoms with Crippen molar-refractivity contribution >= 4 is 17.6 Å². The van der Waals surface area contributed by atoms with Gasteiger partial charge in [-0.1, -0.05) is 35.5 Å². The van der Waals surface area contributed by atoms with Crippen LogP contribution in [0.2, 0.25) is 0 Å². The predicted molar refractivity (Wildman–Crippen MR) is 91.9 cm³/mol. The molecule has 0 bridgehead atoms. The number of pyridine rings is 1. The second-order valence-corrected chi connectivity index (χ2v) is 5.39. The molecule has 0 aliphatic rings. The lowest BCUT2D eigenvalue weighted by molar-refractivity contribution is -0.115. The maximum atomic E-state index is 12.1. The van der Waals surface area contributed by atoms with E-state index in [2.05, 4.69) is 20.8 Å². The standard InChI is InChI=1S/C18H16N4O3/c1-12-7-8-19-16(9-12)21-17(23)11-20-18(24)14-10-15(25-22-14)13-5-3-2-4-6-13/h2-10H,11H2,1H3,(H,20,24)(H,19,21,23). The normalized spacial score (nSPS) is 10.3. The van der Waals surface area contributed by atoms with E-state index in [1.807, 2.05) is 43.3 Å². The Morgan fingerprint density at radius 3 is 2.68 bits per heavy atom. The first-order valence-electron chi connectivity index (χ1n) is 7.64. The number of amides is 2. The van der Waals surface area contributed by atoms with Gasteiger partial charge in [0.2, 0.25) is 5.91 Å². The van der Waals surface area contributed by atoms with Crippen LogP contribution in [0.1, 0.15) is 16.1 Å². The largest absolute Gasteiger partial charge is 0.355 e. The lowest BCUT2D eigenvalue weighted by Crippen LogP contribution is -2.33. The molecule has 3 rings (SSSR count). The summed E-state index contributed by atoms with van der Waals surface area (Å²) in [4.78, 5) is 28.0. The van der Waals surface area contributed by atoms with E-state index >= 15 is 0 Å². The number of carbonyl (C=O) groups excluding carboxylic acids is 2. The first-order valence-corrected chi connectivity index (χ1v) is 7.64. The molecule has 7 heteroatoms. The highest BCUT2D eigenvalue weighted by Gasteiger charge is 2.14. The van der Waals surface area contributed by atoms with E-state index in [1.165, 1.54) is 6.07 Å². The third-order valence-corrected chi connectivity index (χ3v) is 3.39. The Balaban J connectivity index is 1.56. The fourth-order valence-corrected chi connectivity index (χ4v) is 2.16. The molecule has 2 aromatic heterocycles. The highest BCUT2D eigenvalue weighted by atomic mass is 16.5. The van der Waals surface area contributed by atoms with E-state index in [1.54, 1.807) is 12.3 Å². The molecule has 3 aromatic rings. The zero-order chi connectivity index (χ0) is 17.6. The fraction of sp³-hybridized carbons (Fsp3) is 0.111. The average molecular weight is 336 g/mol. The van der Waals surface area contributed by atoms with E-state index in [0.29, 0.717) is 11.6 Å². The van der Waals surface area contributed by atoms with Gasteiger partial charge in [-0.3, -0.25) is 9.59 Å². The van der Waals surface area contributed by atoms with Crippen molar-refractivity contribution in [1.29, 1.82) is 0 Å². The maximum Gasteiger partial charge on any atom is 0.273 e. The van der Waals surface area contributed by atoms with Crippen molar-refractivity contribution in [2.45, 2.75) is 6.92 Å². The van der Waals surface area contributed by atoms with Crippen LogP contribution in [0.3, 0.4) is 0 Å². The molecule has 0 aliphatic carbocycles. The van der Waals surface area contributed by atoms with Crippen molar-refractivity contribution in [3.8, 4) is 11.3 Å². The number of anilines is 1. The molecule has 0 unspecified atom stereocenters. The van der Waals surface area contributed by atoms with Crippen LogP contribution in [-0.2, 0) is 4.79 Å². The summed E-state index contributed by atoms with van der Waals surface area (Å²) in [6, 6.07) is 14.4. The molecule has 0 radical (unpaired) electrons. The minimum absolute atomic E-state index is 0.111. The van der Waals surface area contributed by atoms with Gasteiger partial charge in [-0.25, -0.2) is 4.98 Å². The number of rotatable bonds is 5. The van der Waals surface area contributed by atoms with Gasteiger partial charge in [-0.05, 0) is 24.6 Å². The van der Waals surface area contributed by atoms with Crippen LogP contribution >= 0.6 is 0 Å². The minimum atomic E-state index is -0.488. The second-order valence-electron chi connectivity index (χ2n) is 5.39. The molecule has 0 aliphatic heterocycles. The summed E-state index contributed by atoms with van der Waals surface area (Å²) < 4.78 is 5.17. The molecular formula is C18H16N4O3. The van der Waals surface area contributed by atoms with E-state index in [4.69, 9.17) is 4.52 Å². The van der Waals surface area contributed by atoms with Gasteiger partial charge in [0.05, 0.1) is 6.54 Å². The lowest BCUT2D eigenvalue weighted by atomic mass is 10.1. The van der Waals surface area contributed by atoms with Gasteiger partial charge >= 0.3 is 0 Å². The molecule has 126 valence electrons. The smallest absolute Gasteiger partial charge is 0.273 e. The van der Waals surface area contributed by atoms with Crippen molar-refractivity contribution < 1.29 is 14.1 Å². The summed E-state index contributed by atoms with van der Waals surface area (Å²) in [6.45, 7) is 1.70. The Bertz CT molecular complexity index is 890. The number of nitrogens with zero attached hydrogens (tertiary/aromatic N) is 2. The summed E-state index contributed by atoms with van der Waals surface area (Å²) in [7, 11) is 0. The van der Waals surface area contributed by atoms with Gasteiger partial charge in [-0.15, -0.1) is 0 Å². The summed E-state index contributed by atoms with van der Waals surface area (Å²) in [6.07, 6.45) is 1.60. The van der Waals surface area contributed by atoms with Crippen LogP contribution in [0.5, 0.6) is 0 Å². The Kier molecular flexibility index (Phi) is 4.84. The molecule has 2 amide bonds. The van der Waals surface area contributed by atoms with Gasteiger partial charge in [0, 0.05) is 17.8 Å². The molecule has 0 fully saturated rings. The van der Waals surface area contributed by atoms with Gasteiger partial charge in [0.1, 0.15) is 5.82 Å². The highest BCUT2D eigenvalue weighted by molar-refractivity contribution is 5.98. The van der Waals surface area contributed by atoms with E-state index in [-0.39, 0.29) is 18.1 Å². The van der Waals surface area contributed by atoms with Crippen LogP contribution in [0.15, 0.2) is 59.3 Å². The maximum absolute atomic E-state index is 12.1. The molecular weight excluding hydrogens is 320 g/mol. The number of nitrogens with one attached hydrogen (secondary N) is 2. The number of aromatic nitrogens is 2. The van der Waals surface area contributed by atoms with Gasteiger partial charge in [0.25, 0.3) is 5.91 Å². The van der Waals surface area contributed by atoms with Crippen molar-refractivity contribution in [1.82, 2.24) is 15.5 Å². The van der Waals surface area contributed by atoms with Gasteiger partial charge < -0.3 is 15.2 Å². The third-order valence-electron chi connectivity index (χ3n) is 3.39. The van der Waals surface area contributed by atoms with Crippen LogP contribution in [0, 0.1) is 6.92 Å². The van der Waals surface area contributed by atoms with E-state index < -0.39 is 5.91 Å². The summed E-state index contributed by atoms with van der Waals surface area (Å²) >= 11 is 0. The minimum Gasteiger partial charge on any atom is -0.355 e. The summed E-state index contributed by atoms with van der Waals surface area (Å²) in [5.41, 5.74) is 1.91. The predicted octanol–water partition coefficient (Wildman–Crippen LogP) is 2.41. The van der Waals surface area contributed by atoms with Crippen molar-refractivity contribution in [2.24, 2.45) is 0 Å². The number of hydrogen-bond acceptors (Lipinski definition) is 5. The second kappa shape index (κ2) is 7.39. The zero-order valence-electron chi connectivity index (χ0n) is 13.5. The van der Waals surface area contributed by atoms with Crippen molar-refractivity contribution in [2.75, 3.05) is 11.9 Å². The molecule has 2 N–H and O–H groups in total. The monoisotopic (exact) mass is 336 g/mol. The number of hydrogen-bond donors (Lipinski definition) is 2. The molecule has 25 heavy (non-hydrogen) atoms. The Labute approximate surface area is 144 Å². The molecule has 7 nitrogen and oxygen atoms in total. The number of benzene rings is 1. The van der Waals surface area contributed by atoms with Crippen LogP contribution < -0.4 is 10.6 Å². The lowest BCUT2D eigenvalue weighted by Gasteiger charge is -2.05. The van der Waals surface area contributed by atoms with Crippen molar-refractivity contribution in [3.05, 3.63) is 66.0 Å². The van der Waals surface area contributed by atoms with E-state index in [9.17, 15) is 9.59 Å². The first-order chi connectivity index (χ1) is 12.1. The molecule has 0 spiro atoms. The third kappa shape index (κ3) is 4.29. The summed E-state index contributed by atoms with van der Waals surface area (Å²) in [5.74, 6) is 0.0581. The molecule has 0 saturated carbocycles. The van der Waals surface area contributed by atoms with Crippen LogP contribution in [0.4, 0.5) is 5.82 Å². The van der Waals surface area contributed by atoms with Gasteiger partial charge in [-0.2, -0.15) is 0 Å². The summed E-state index contributed by atoms with van der Waals surface area (Å²) in [5, 5.41) is 8.84. The average Bonchev–Trinajstić information content (AvgIpc) is 3.11. The molecule has 2 heterocycles. The number of aryl methyl sites for hydroxylation is 1. The zero-order valence-corrected chi connectivity index (χ0v) is 13.5. The Morgan fingerprint density at radius 1 is 1.12 bits per heavy atom. The quantitative estimate of drug-likeness (QED) is 0.746. The Hall–Kier alpha value is -3.48. The van der Waals surface area contributed by atoms with Gasteiger partial charge in [0.15, 0.2) is 11.5 Å². The molecule has 0 saturated heterocycles. The topological polar surface area (TPSA) is 97.1 Å². The van der Waals surface area contributed by atoms with Crippen LogP contribution in [0.25, 0.3) is 11.3 Å². The molecule has 0 atom stereocenters. The molecule has 1 aromatic carbocycles. The van der Waals surface area contributed by atoms with Crippen LogP contribution in [-0.4, -0.2) is 28.5 Å². The van der Waals surface area contributed by atoms with E-state index in [0.717, 1.165) is 11.1 Å². The SMILES string of the molecule is Cc1ccnc(NC(=O)CNC(=O)c2cc(-c3ccccc3)on2)c1. The Morgan fingerprint density at radius 2 is 1.92 bits per heavy atom. The fourth-order valence-electron chi connectivity index (χ4n) is 2.16. The van der Waals surface area contributed by atoms with Crippen molar-refractivity contribution in [3.63, 3.8) is 0 Å². The number of carbonyl (C=O) groups is 2.